The molecule has 1 N–H and O–H groups in total. The van der Waals surface area contributed by atoms with Crippen molar-refractivity contribution in [3.8, 4) is 0 Å². The summed E-state index contributed by atoms with van der Waals surface area (Å²) in [6.07, 6.45) is 0. The summed E-state index contributed by atoms with van der Waals surface area (Å²) in [5.74, 6) is -0.272. The molecule has 2 aromatic rings. The van der Waals surface area contributed by atoms with Gasteiger partial charge in [-0.1, -0.05) is 48.0 Å². The molecule has 0 aliphatic heterocycles. The van der Waals surface area contributed by atoms with Crippen molar-refractivity contribution in [2.45, 2.75) is 13.5 Å². The summed E-state index contributed by atoms with van der Waals surface area (Å²) in [7, 11) is 0. The van der Waals surface area contributed by atoms with Gasteiger partial charge in [-0.2, -0.15) is 0 Å². The Kier molecular flexibility index (Phi) is 5.33. The Morgan fingerprint density at radius 1 is 1.05 bits per heavy atom. The van der Waals surface area contributed by atoms with E-state index >= 15 is 0 Å². The molecule has 0 saturated heterocycles. The summed E-state index contributed by atoms with van der Waals surface area (Å²) in [6.45, 7) is 3.79. The average Bonchev–Trinajstić information content (AvgIpc) is 2.48. The Labute approximate surface area is 119 Å². The summed E-state index contributed by atoms with van der Waals surface area (Å²) in [5.41, 5.74) is 2.95. The zero-order valence-electron chi connectivity index (χ0n) is 11.6. The lowest BCUT2D eigenvalue weighted by Crippen LogP contribution is -2.21. The highest BCUT2D eigenvalue weighted by molar-refractivity contribution is 5.89. The van der Waals surface area contributed by atoms with Gasteiger partial charge in [-0.25, -0.2) is 4.79 Å². The van der Waals surface area contributed by atoms with Gasteiger partial charge in [0, 0.05) is 13.1 Å². The fraction of sp³-hybridized carbons (Fsp3) is 0.235. The van der Waals surface area contributed by atoms with Crippen LogP contribution in [0.25, 0.3) is 0 Å². The van der Waals surface area contributed by atoms with Gasteiger partial charge in [-0.05, 0) is 24.6 Å². The first-order valence-corrected chi connectivity index (χ1v) is 6.74. The van der Waals surface area contributed by atoms with Crippen LogP contribution in [-0.2, 0) is 11.3 Å². The van der Waals surface area contributed by atoms with Gasteiger partial charge >= 0.3 is 5.97 Å². The lowest BCUT2D eigenvalue weighted by Gasteiger charge is -2.07. The fourth-order valence-corrected chi connectivity index (χ4v) is 1.82. The summed E-state index contributed by atoms with van der Waals surface area (Å²) in [5, 5.41) is 3.24. The van der Waals surface area contributed by atoms with Gasteiger partial charge in [-0.15, -0.1) is 0 Å². The second-order valence-corrected chi connectivity index (χ2v) is 4.66. The highest BCUT2D eigenvalue weighted by Gasteiger charge is 2.05. The highest BCUT2D eigenvalue weighted by Crippen LogP contribution is 2.04. The predicted molar refractivity (Wildman–Crippen MR) is 79.6 cm³/mol. The molecule has 0 atom stereocenters. The molecule has 0 aliphatic carbocycles. The zero-order valence-corrected chi connectivity index (χ0v) is 11.6. The minimum atomic E-state index is -0.272. The number of carbonyl (C=O) groups excluding carboxylic acids is 1. The van der Waals surface area contributed by atoms with Gasteiger partial charge < -0.3 is 10.1 Å². The van der Waals surface area contributed by atoms with Crippen molar-refractivity contribution >= 4 is 5.97 Å². The molecular weight excluding hydrogens is 250 g/mol. The van der Waals surface area contributed by atoms with Crippen LogP contribution in [0.1, 0.15) is 21.5 Å². The van der Waals surface area contributed by atoms with E-state index in [0.29, 0.717) is 18.7 Å². The second-order valence-electron chi connectivity index (χ2n) is 4.66. The second kappa shape index (κ2) is 7.46. The minimum absolute atomic E-state index is 0.272. The summed E-state index contributed by atoms with van der Waals surface area (Å²) in [6, 6.07) is 17.5. The van der Waals surface area contributed by atoms with Crippen LogP contribution < -0.4 is 5.32 Å². The van der Waals surface area contributed by atoms with E-state index in [2.05, 4.69) is 17.4 Å². The third-order valence-electron chi connectivity index (χ3n) is 2.97. The Bertz CT molecular complexity index is 535. The van der Waals surface area contributed by atoms with Crippen molar-refractivity contribution in [3.05, 3.63) is 71.3 Å². The molecule has 0 fully saturated rings. The molecule has 0 heterocycles. The standard InChI is InChI=1S/C17H19NO2/c1-14-7-9-16(10-8-14)17(19)20-12-11-18-13-15-5-3-2-4-6-15/h2-10,18H,11-13H2,1H3. The molecule has 0 aliphatic rings. The van der Waals surface area contributed by atoms with Crippen LogP contribution >= 0.6 is 0 Å². The molecule has 2 rings (SSSR count). The smallest absolute Gasteiger partial charge is 0.338 e. The number of nitrogens with one attached hydrogen (secondary N) is 1. The average molecular weight is 269 g/mol. The molecule has 0 aromatic heterocycles. The first-order chi connectivity index (χ1) is 9.75. The molecule has 2 aromatic carbocycles. The Morgan fingerprint density at radius 2 is 1.75 bits per heavy atom. The van der Waals surface area contributed by atoms with Crippen molar-refractivity contribution in [1.29, 1.82) is 0 Å². The normalized spacial score (nSPS) is 10.2. The van der Waals surface area contributed by atoms with Crippen LogP contribution in [0.4, 0.5) is 0 Å². The number of hydrogen-bond donors (Lipinski definition) is 1. The predicted octanol–water partition coefficient (Wildman–Crippen LogP) is 2.94. The number of hydrogen-bond acceptors (Lipinski definition) is 3. The topological polar surface area (TPSA) is 38.3 Å². The monoisotopic (exact) mass is 269 g/mol. The Balaban J connectivity index is 1.66. The Morgan fingerprint density at radius 3 is 2.45 bits per heavy atom. The van der Waals surface area contributed by atoms with E-state index in [0.717, 1.165) is 12.1 Å². The molecular formula is C17H19NO2. The first-order valence-electron chi connectivity index (χ1n) is 6.74. The van der Waals surface area contributed by atoms with Crippen molar-refractivity contribution in [1.82, 2.24) is 5.32 Å². The third-order valence-corrected chi connectivity index (χ3v) is 2.97. The fourth-order valence-electron chi connectivity index (χ4n) is 1.82. The van der Waals surface area contributed by atoms with Crippen LogP contribution in [0.3, 0.4) is 0 Å². The van der Waals surface area contributed by atoms with Gasteiger partial charge in [0.2, 0.25) is 0 Å². The van der Waals surface area contributed by atoms with Gasteiger partial charge in [0.15, 0.2) is 0 Å². The molecule has 0 radical (unpaired) electrons. The van der Waals surface area contributed by atoms with Crippen molar-refractivity contribution < 1.29 is 9.53 Å². The first kappa shape index (κ1) is 14.3. The van der Waals surface area contributed by atoms with Crippen molar-refractivity contribution in [3.63, 3.8) is 0 Å². The van der Waals surface area contributed by atoms with E-state index in [1.165, 1.54) is 5.56 Å². The van der Waals surface area contributed by atoms with Gasteiger partial charge in [0.05, 0.1) is 5.56 Å². The molecule has 3 nitrogen and oxygen atoms in total. The van der Waals surface area contributed by atoms with Crippen LogP contribution in [0.2, 0.25) is 0 Å². The van der Waals surface area contributed by atoms with Crippen LogP contribution in [0.5, 0.6) is 0 Å². The van der Waals surface area contributed by atoms with Crippen molar-refractivity contribution in [2.75, 3.05) is 13.2 Å². The molecule has 20 heavy (non-hydrogen) atoms. The molecule has 0 bridgehead atoms. The van der Waals surface area contributed by atoms with Crippen molar-refractivity contribution in [2.24, 2.45) is 0 Å². The zero-order chi connectivity index (χ0) is 14.2. The van der Waals surface area contributed by atoms with Crippen LogP contribution in [0.15, 0.2) is 54.6 Å². The molecule has 0 amide bonds. The molecule has 104 valence electrons. The quantitative estimate of drug-likeness (QED) is 0.647. The number of aryl methyl sites for hydroxylation is 1. The maximum absolute atomic E-state index is 11.7. The molecule has 0 unspecified atom stereocenters. The number of rotatable bonds is 6. The SMILES string of the molecule is Cc1ccc(C(=O)OCCNCc2ccccc2)cc1. The number of carbonyl (C=O) groups is 1. The van der Waals surface area contributed by atoms with E-state index in [1.54, 1.807) is 12.1 Å². The molecule has 3 heteroatoms. The Hall–Kier alpha value is -2.13. The maximum Gasteiger partial charge on any atom is 0.338 e. The van der Waals surface area contributed by atoms with Gasteiger partial charge in [0.1, 0.15) is 6.61 Å². The van der Waals surface area contributed by atoms with Gasteiger partial charge in [0.25, 0.3) is 0 Å². The van der Waals surface area contributed by atoms with E-state index in [-0.39, 0.29) is 5.97 Å². The summed E-state index contributed by atoms with van der Waals surface area (Å²) < 4.78 is 5.20. The molecule has 0 spiro atoms. The minimum Gasteiger partial charge on any atom is -0.461 e. The maximum atomic E-state index is 11.7. The summed E-state index contributed by atoms with van der Waals surface area (Å²) in [4.78, 5) is 11.7. The van der Waals surface area contributed by atoms with E-state index in [4.69, 9.17) is 4.74 Å². The lowest BCUT2D eigenvalue weighted by molar-refractivity contribution is 0.0508. The number of benzene rings is 2. The summed E-state index contributed by atoms with van der Waals surface area (Å²) >= 11 is 0. The van der Waals surface area contributed by atoms with Crippen LogP contribution in [0, 0.1) is 6.92 Å². The van der Waals surface area contributed by atoms with E-state index < -0.39 is 0 Å². The van der Waals surface area contributed by atoms with Gasteiger partial charge in [-0.3, -0.25) is 0 Å². The van der Waals surface area contributed by atoms with Crippen LogP contribution in [-0.4, -0.2) is 19.1 Å². The van der Waals surface area contributed by atoms with E-state index in [1.807, 2.05) is 37.3 Å². The highest BCUT2D eigenvalue weighted by atomic mass is 16.5. The number of esters is 1. The third kappa shape index (κ3) is 4.52. The number of ether oxygens (including phenoxy) is 1. The van der Waals surface area contributed by atoms with E-state index in [9.17, 15) is 4.79 Å². The molecule has 0 saturated carbocycles. The largest absolute Gasteiger partial charge is 0.461 e. The lowest BCUT2D eigenvalue weighted by atomic mass is 10.1.